The summed E-state index contributed by atoms with van der Waals surface area (Å²) in [6.45, 7) is 7.69. The Hall–Kier alpha value is -1.48. The lowest BCUT2D eigenvalue weighted by Crippen LogP contribution is -2.14. The summed E-state index contributed by atoms with van der Waals surface area (Å²) in [6, 6.07) is 5.95. The van der Waals surface area contributed by atoms with Gasteiger partial charge >= 0.3 is 0 Å². The molecule has 0 aliphatic carbocycles. The molecule has 0 spiro atoms. The zero-order valence-corrected chi connectivity index (χ0v) is 10.9. The minimum Gasteiger partial charge on any atom is -0.493 e. The minimum absolute atomic E-state index is 0.762. The van der Waals surface area contributed by atoms with Crippen LogP contribution in [-0.4, -0.2) is 20.8 Å². The second-order valence-corrected chi connectivity index (χ2v) is 4.07. The minimum atomic E-state index is 0.762. The van der Waals surface area contributed by atoms with Gasteiger partial charge in [0.15, 0.2) is 11.5 Å². The van der Waals surface area contributed by atoms with Crippen LogP contribution in [0.5, 0.6) is 11.5 Å². The van der Waals surface area contributed by atoms with E-state index in [0.29, 0.717) is 0 Å². The van der Waals surface area contributed by atoms with Gasteiger partial charge in [-0.2, -0.15) is 0 Å². The number of hydrogen-bond acceptors (Lipinski definition) is 3. The summed E-state index contributed by atoms with van der Waals surface area (Å²) >= 11 is 0. The molecule has 0 saturated heterocycles. The van der Waals surface area contributed by atoms with Crippen molar-refractivity contribution in [3.8, 4) is 11.5 Å². The van der Waals surface area contributed by atoms with Gasteiger partial charge in [0, 0.05) is 6.54 Å². The highest BCUT2D eigenvalue weighted by molar-refractivity contribution is 5.42. The Balaban J connectivity index is 2.51. The molecular formula is C14H21NO2. The molecular weight excluding hydrogens is 214 g/mol. The second-order valence-electron chi connectivity index (χ2n) is 4.07. The average Bonchev–Trinajstić information content (AvgIpc) is 2.34. The molecule has 0 amide bonds. The Morgan fingerprint density at radius 1 is 1.24 bits per heavy atom. The van der Waals surface area contributed by atoms with E-state index in [1.54, 1.807) is 14.2 Å². The molecule has 17 heavy (non-hydrogen) atoms. The molecule has 0 bridgehead atoms. The van der Waals surface area contributed by atoms with E-state index in [1.165, 1.54) is 11.1 Å². The van der Waals surface area contributed by atoms with Gasteiger partial charge in [-0.25, -0.2) is 0 Å². The van der Waals surface area contributed by atoms with Gasteiger partial charge in [-0.3, -0.25) is 0 Å². The highest BCUT2D eigenvalue weighted by atomic mass is 16.5. The van der Waals surface area contributed by atoms with Crippen molar-refractivity contribution in [1.82, 2.24) is 5.32 Å². The van der Waals surface area contributed by atoms with Crippen LogP contribution < -0.4 is 14.8 Å². The van der Waals surface area contributed by atoms with Crippen LogP contribution in [0.1, 0.15) is 18.9 Å². The van der Waals surface area contributed by atoms with E-state index in [9.17, 15) is 0 Å². The fourth-order valence-electron chi connectivity index (χ4n) is 1.53. The maximum absolute atomic E-state index is 5.25. The Morgan fingerprint density at radius 2 is 1.94 bits per heavy atom. The van der Waals surface area contributed by atoms with Crippen LogP contribution in [0.2, 0.25) is 0 Å². The Morgan fingerprint density at radius 3 is 2.53 bits per heavy atom. The van der Waals surface area contributed by atoms with Crippen LogP contribution in [0.25, 0.3) is 0 Å². The molecule has 0 heterocycles. The predicted molar refractivity (Wildman–Crippen MR) is 70.7 cm³/mol. The third-order valence-electron chi connectivity index (χ3n) is 2.51. The first-order valence-electron chi connectivity index (χ1n) is 5.73. The smallest absolute Gasteiger partial charge is 0.161 e. The van der Waals surface area contributed by atoms with Crippen molar-refractivity contribution >= 4 is 0 Å². The predicted octanol–water partition coefficient (Wildman–Crippen LogP) is 2.76. The van der Waals surface area contributed by atoms with Gasteiger partial charge in [0.2, 0.25) is 0 Å². The highest BCUT2D eigenvalue weighted by Gasteiger charge is 2.03. The van der Waals surface area contributed by atoms with E-state index in [-0.39, 0.29) is 0 Å². The van der Waals surface area contributed by atoms with Crippen molar-refractivity contribution in [1.29, 1.82) is 0 Å². The summed E-state index contributed by atoms with van der Waals surface area (Å²) in [7, 11) is 3.29. The van der Waals surface area contributed by atoms with Crippen molar-refractivity contribution in [2.75, 3.05) is 20.8 Å². The molecule has 3 nitrogen and oxygen atoms in total. The molecule has 0 atom stereocenters. The van der Waals surface area contributed by atoms with E-state index in [4.69, 9.17) is 9.47 Å². The highest BCUT2D eigenvalue weighted by Crippen LogP contribution is 2.27. The van der Waals surface area contributed by atoms with Crippen molar-refractivity contribution < 1.29 is 9.47 Å². The summed E-state index contributed by atoms with van der Waals surface area (Å²) in [6.07, 6.45) is 1.01. The van der Waals surface area contributed by atoms with Crippen molar-refractivity contribution in [3.05, 3.63) is 35.9 Å². The van der Waals surface area contributed by atoms with Gasteiger partial charge in [-0.15, -0.1) is 6.58 Å². The fourth-order valence-corrected chi connectivity index (χ4v) is 1.53. The molecule has 0 saturated carbocycles. The zero-order chi connectivity index (χ0) is 12.7. The largest absolute Gasteiger partial charge is 0.493 e. The molecule has 0 aromatic heterocycles. The second kappa shape index (κ2) is 6.97. The lowest BCUT2D eigenvalue weighted by molar-refractivity contribution is 0.354. The van der Waals surface area contributed by atoms with Crippen LogP contribution in [0, 0.1) is 0 Å². The molecule has 1 N–H and O–H groups in total. The molecule has 1 rings (SSSR count). The molecule has 3 heteroatoms. The monoisotopic (exact) mass is 235 g/mol. The number of benzene rings is 1. The van der Waals surface area contributed by atoms with E-state index in [1.807, 2.05) is 25.1 Å². The topological polar surface area (TPSA) is 30.5 Å². The molecule has 1 aromatic carbocycles. The first-order chi connectivity index (χ1) is 8.17. The van der Waals surface area contributed by atoms with Crippen molar-refractivity contribution in [2.24, 2.45) is 0 Å². The summed E-state index contributed by atoms with van der Waals surface area (Å²) in [5, 5.41) is 3.36. The molecule has 0 unspecified atom stereocenters. The maximum Gasteiger partial charge on any atom is 0.161 e. The average molecular weight is 235 g/mol. The lowest BCUT2D eigenvalue weighted by atomic mass is 10.2. The number of ether oxygens (including phenoxy) is 2. The van der Waals surface area contributed by atoms with E-state index in [0.717, 1.165) is 31.0 Å². The Bertz CT molecular complexity index is 374. The van der Waals surface area contributed by atoms with E-state index < -0.39 is 0 Å². The van der Waals surface area contributed by atoms with Crippen LogP contribution >= 0.6 is 0 Å². The Kier molecular flexibility index (Phi) is 5.57. The molecule has 0 radical (unpaired) electrons. The molecule has 0 aliphatic heterocycles. The number of hydrogen-bond donors (Lipinski definition) is 1. The van der Waals surface area contributed by atoms with Crippen LogP contribution in [0.15, 0.2) is 30.4 Å². The quantitative estimate of drug-likeness (QED) is 0.582. The SMILES string of the molecule is C=C(C)CCNCc1ccc(OC)c(OC)c1. The van der Waals surface area contributed by atoms with Gasteiger partial charge in [0.25, 0.3) is 0 Å². The lowest BCUT2D eigenvalue weighted by Gasteiger charge is -2.10. The fraction of sp³-hybridized carbons (Fsp3) is 0.429. The summed E-state index contributed by atoms with van der Waals surface area (Å²) < 4.78 is 10.4. The first-order valence-corrected chi connectivity index (χ1v) is 5.73. The standard InChI is InChI=1S/C14H21NO2/c1-11(2)7-8-15-10-12-5-6-13(16-3)14(9-12)17-4/h5-6,9,15H,1,7-8,10H2,2-4H3. The number of nitrogens with one attached hydrogen (secondary N) is 1. The van der Waals surface area contributed by atoms with Crippen molar-refractivity contribution in [3.63, 3.8) is 0 Å². The van der Waals surface area contributed by atoms with E-state index in [2.05, 4.69) is 11.9 Å². The summed E-state index contributed by atoms with van der Waals surface area (Å²) in [5.41, 5.74) is 2.38. The van der Waals surface area contributed by atoms with Crippen LogP contribution in [0.4, 0.5) is 0 Å². The normalized spacial score (nSPS) is 10.1. The first kappa shape index (κ1) is 13.6. The maximum atomic E-state index is 5.25. The molecule has 1 aromatic rings. The summed E-state index contributed by atoms with van der Waals surface area (Å²) in [5.74, 6) is 1.53. The van der Waals surface area contributed by atoms with Gasteiger partial charge in [-0.1, -0.05) is 11.6 Å². The third kappa shape index (κ3) is 4.49. The zero-order valence-electron chi connectivity index (χ0n) is 10.9. The molecule has 94 valence electrons. The van der Waals surface area contributed by atoms with Gasteiger partial charge < -0.3 is 14.8 Å². The summed E-state index contributed by atoms with van der Waals surface area (Å²) in [4.78, 5) is 0. The van der Waals surface area contributed by atoms with Gasteiger partial charge in [0.05, 0.1) is 14.2 Å². The van der Waals surface area contributed by atoms with Gasteiger partial charge in [-0.05, 0) is 37.6 Å². The number of methoxy groups -OCH3 is 2. The molecule has 0 aliphatic rings. The number of rotatable bonds is 7. The van der Waals surface area contributed by atoms with Crippen LogP contribution in [0.3, 0.4) is 0 Å². The van der Waals surface area contributed by atoms with Gasteiger partial charge in [0.1, 0.15) is 0 Å². The molecule has 0 fully saturated rings. The van der Waals surface area contributed by atoms with E-state index >= 15 is 0 Å². The van der Waals surface area contributed by atoms with Crippen molar-refractivity contribution in [2.45, 2.75) is 19.9 Å². The third-order valence-corrected chi connectivity index (χ3v) is 2.51. The Labute approximate surface area is 103 Å². The van der Waals surface area contributed by atoms with Crippen LogP contribution in [-0.2, 0) is 6.54 Å².